The van der Waals surface area contributed by atoms with E-state index in [1.165, 1.54) is 0 Å². The molecule has 30 heavy (non-hydrogen) atoms. The van der Waals surface area contributed by atoms with E-state index in [4.69, 9.17) is 11.6 Å². The second kappa shape index (κ2) is 9.94. The van der Waals surface area contributed by atoms with Gasteiger partial charge in [-0.25, -0.2) is 8.42 Å². The summed E-state index contributed by atoms with van der Waals surface area (Å²) in [4.78, 5) is 15.1. The fourth-order valence-electron chi connectivity index (χ4n) is 3.84. The van der Waals surface area contributed by atoms with Crippen LogP contribution in [0.3, 0.4) is 0 Å². The normalized spacial score (nSPS) is 16.4. The summed E-state index contributed by atoms with van der Waals surface area (Å²) >= 11 is 6.20. The number of likely N-dealkylation sites (tertiary alicyclic amines) is 1. The van der Waals surface area contributed by atoms with E-state index < -0.39 is 16.1 Å². The number of sulfonamides is 1. The number of hydrogen-bond acceptors (Lipinski definition) is 3. The topological polar surface area (TPSA) is 66.5 Å². The first kappa shape index (κ1) is 22.8. The third kappa shape index (κ3) is 5.62. The average Bonchev–Trinajstić information content (AvgIpc) is 2.71. The number of rotatable bonds is 7. The highest BCUT2D eigenvalue weighted by molar-refractivity contribution is 7.89. The van der Waals surface area contributed by atoms with Crippen LogP contribution in [0.5, 0.6) is 0 Å². The van der Waals surface area contributed by atoms with Gasteiger partial charge in [-0.05, 0) is 55.7 Å². The fourth-order valence-corrected chi connectivity index (χ4v) is 5.90. The molecule has 0 aromatic heterocycles. The highest BCUT2D eigenvalue weighted by Gasteiger charge is 2.32. The number of aryl methyl sites for hydroxylation is 2. The Kier molecular flexibility index (Phi) is 7.55. The number of piperidine rings is 1. The predicted octanol–water partition coefficient (Wildman–Crippen LogP) is 4.19. The number of nitrogens with one attached hydrogen (secondary N) is 1. The second-order valence-electron chi connectivity index (χ2n) is 8.09. The number of benzene rings is 2. The Hall–Kier alpha value is -1.89. The van der Waals surface area contributed by atoms with Gasteiger partial charge in [0.2, 0.25) is 15.9 Å². The summed E-state index contributed by atoms with van der Waals surface area (Å²) in [5.74, 6) is 0.422. The Morgan fingerprint density at radius 3 is 2.43 bits per heavy atom. The van der Waals surface area contributed by atoms with Crippen LogP contribution in [-0.2, 0) is 21.2 Å². The summed E-state index contributed by atoms with van der Waals surface area (Å²) in [5, 5.41) is 0.156. The molecule has 1 heterocycles. The van der Waals surface area contributed by atoms with Crippen LogP contribution in [-0.4, -0.2) is 38.4 Å². The summed E-state index contributed by atoms with van der Waals surface area (Å²) < 4.78 is 29.0. The first-order valence-corrected chi connectivity index (χ1v) is 12.2. The highest BCUT2D eigenvalue weighted by Crippen LogP contribution is 2.26. The number of halogens is 1. The zero-order valence-corrected chi connectivity index (χ0v) is 19.0. The van der Waals surface area contributed by atoms with Gasteiger partial charge in [0.25, 0.3) is 0 Å². The molecule has 1 aliphatic rings. The van der Waals surface area contributed by atoms with Gasteiger partial charge in [0.15, 0.2) is 0 Å². The average molecular weight is 449 g/mol. The molecule has 2 aromatic rings. The van der Waals surface area contributed by atoms with Gasteiger partial charge in [0, 0.05) is 13.1 Å². The minimum absolute atomic E-state index is 0.0384. The van der Waals surface area contributed by atoms with Gasteiger partial charge >= 0.3 is 0 Å². The molecule has 3 rings (SSSR count). The zero-order chi connectivity index (χ0) is 21.7. The molecule has 2 aromatic carbocycles. The van der Waals surface area contributed by atoms with Crippen LogP contribution in [0.4, 0.5) is 0 Å². The van der Waals surface area contributed by atoms with Crippen molar-refractivity contribution in [3.8, 4) is 0 Å². The van der Waals surface area contributed by atoms with Crippen molar-refractivity contribution in [1.29, 1.82) is 0 Å². The maximum Gasteiger partial charge on any atom is 0.243 e. The lowest BCUT2D eigenvalue weighted by molar-refractivity contribution is -0.134. The zero-order valence-electron chi connectivity index (χ0n) is 17.5. The smallest absolute Gasteiger partial charge is 0.243 e. The van der Waals surface area contributed by atoms with Crippen molar-refractivity contribution in [3.05, 3.63) is 64.7 Å². The van der Waals surface area contributed by atoms with Crippen molar-refractivity contribution in [1.82, 2.24) is 9.62 Å². The van der Waals surface area contributed by atoms with E-state index in [-0.39, 0.29) is 15.8 Å². The molecule has 0 bridgehead atoms. The van der Waals surface area contributed by atoms with E-state index in [1.54, 1.807) is 30.0 Å². The van der Waals surface area contributed by atoms with E-state index in [0.717, 1.165) is 18.4 Å². The Balaban J connectivity index is 1.83. The number of nitrogens with zero attached hydrogens (tertiary/aromatic N) is 1. The number of carbonyl (C=O) groups is 1. The van der Waals surface area contributed by atoms with E-state index in [9.17, 15) is 13.2 Å². The van der Waals surface area contributed by atoms with Crippen molar-refractivity contribution in [2.24, 2.45) is 5.92 Å². The predicted molar refractivity (Wildman–Crippen MR) is 120 cm³/mol. The molecule has 162 valence electrons. The Morgan fingerprint density at radius 1 is 1.13 bits per heavy atom. The molecule has 5 nitrogen and oxygen atoms in total. The summed E-state index contributed by atoms with van der Waals surface area (Å²) in [6.45, 7) is 5.20. The quantitative estimate of drug-likeness (QED) is 0.690. The van der Waals surface area contributed by atoms with Gasteiger partial charge < -0.3 is 4.90 Å². The summed E-state index contributed by atoms with van der Waals surface area (Å²) in [7, 11) is -3.95. The standard InChI is InChI=1S/C23H29ClN2O3S/c1-17-13-15-26(16-14-17)23(27)21(12-11-19-8-4-3-5-9-19)25-30(28,29)22-18(2)7-6-10-20(22)24/h3-10,17,21,25H,11-16H2,1-2H3. The Bertz CT molecular complexity index is 951. The molecule has 1 saturated heterocycles. The molecule has 1 fully saturated rings. The van der Waals surface area contributed by atoms with Gasteiger partial charge in [-0.15, -0.1) is 0 Å². The molecule has 1 amide bonds. The first-order valence-electron chi connectivity index (χ1n) is 10.4. The van der Waals surface area contributed by atoms with Crippen LogP contribution >= 0.6 is 11.6 Å². The van der Waals surface area contributed by atoms with Crippen molar-refractivity contribution in [2.75, 3.05) is 13.1 Å². The van der Waals surface area contributed by atoms with Crippen LogP contribution in [0, 0.1) is 12.8 Å². The SMILES string of the molecule is Cc1cccc(Cl)c1S(=O)(=O)NC(CCc1ccccc1)C(=O)N1CCC(C)CC1. The van der Waals surface area contributed by atoms with Crippen LogP contribution in [0.25, 0.3) is 0 Å². The minimum atomic E-state index is -3.95. The molecule has 1 unspecified atom stereocenters. The van der Waals surface area contributed by atoms with Crippen molar-refractivity contribution in [2.45, 2.75) is 50.5 Å². The lowest BCUT2D eigenvalue weighted by Crippen LogP contribution is -2.50. The third-order valence-corrected chi connectivity index (χ3v) is 7.79. The summed E-state index contributed by atoms with van der Waals surface area (Å²) in [6.07, 6.45) is 2.87. The summed E-state index contributed by atoms with van der Waals surface area (Å²) in [6, 6.07) is 13.9. The maximum atomic E-state index is 13.3. The highest BCUT2D eigenvalue weighted by atomic mass is 35.5. The number of amides is 1. The van der Waals surface area contributed by atoms with E-state index in [0.29, 0.717) is 37.4 Å². The van der Waals surface area contributed by atoms with Crippen molar-refractivity contribution >= 4 is 27.5 Å². The van der Waals surface area contributed by atoms with Gasteiger partial charge in [-0.2, -0.15) is 4.72 Å². The molecular formula is C23H29ClN2O3S. The Morgan fingerprint density at radius 2 is 1.80 bits per heavy atom. The molecule has 0 radical (unpaired) electrons. The molecule has 0 aliphatic carbocycles. The van der Waals surface area contributed by atoms with Crippen molar-refractivity contribution < 1.29 is 13.2 Å². The minimum Gasteiger partial charge on any atom is -0.341 e. The molecule has 0 saturated carbocycles. The van der Waals surface area contributed by atoms with E-state index >= 15 is 0 Å². The van der Waals surface area contributed by atoms with Crippen LogP contribution in [0.1, 0.15) is 37.3 Å². The molecule has 1 N–H and O–H groups in total. The maximum absolute atomic E-state index is 13.3. The van der Waals surface area contributed by atoms with Crippen molar-refractivity contribution in [3.63, 3.8) is 0 Å². The van der Waals surface area contributed by atoms with Crippen LogP contribution in [0.15, 0.2) is 53.4 Å². The lowest BCUT2D eigenvalue weighted by atomic mass is 9.98. The second-order valence-corrected chi connectivity index (χ2v) is 10.1. The third-order valence-electron chi connectivity index (χ3n) is 5.69. The van der Waals surface area contributed by atoms with Gasteiger partial charge in [0.1, 0.15) is 10.9 Å². The summed E-state index contributed by atoms with van der Waals surface area (Å²) in [5.41, 5.74) is 1.62. The fraction of sp³-hybridized carbons (Fsp3) is 0.435. The van der Waals surface area contributed by atoms with Gasteiger partial charge in [-0.1, -0.05) is 61.0 Å². The number of hydrogen-bond donors (Lipinski definition) is 1. The molecular weight excluding hydrogens is 420 g/mol. The molecule has 0 spiro atoms. The van der Waals surface area contributed by atoms with Gasteiger partial charge in [-0.3, -0.25) is 4.79 Å². The van der Waals surface area contributed by atoms with Crippen LogP contribution in [0.2, 0.25) is 5.02 Å². The molecule has 1 aliphatic heterocycles. The van der Waals surface area contributed by atoms with E-state index in [1.807, 2.05) is 30.3 Å². The van der Waals surface area contributed by atoms with E-state index in [2.05, 4.69) is 11.6 Å². The van der Waals surface area contributed by atoms with Crippen LogP contribution < -0.4 is 4.72 Å². The molecule has 1 atom stereocenters. The van der Waals surface area contributed by atoms with Gasteiger partial charge in [0.05, 0.1) is 5.02 Å². The largest absolute Gasteiger partial charge is 0.341 e. The number of carbonyl (C=O) groups excluding carboxylic acids is 1. The monoisotopic (exact) mass is 448 g/mol. The Labute approximate surface area is 184 Å². The first-order chi connectivity index (χ1) is 14.3. The molecule has 7 heteroatoms. The lowest BCUT2D eigenvalue weighted by Gasteiger charge is -2.33.